The van der Waals surface area contributed by atoms with E-state index in [2.05, 4.69) is 0 Å². The van der Waals surface area contributed by atoms with Crippen molar-refractivity contribution < 1.29 is 29.2 Å². The summed E-state index contributed by atoms with van der Waals surface area (Å²) in [6.07, 6.45) is 0.877. The van der Waals surface area contributed by atoms with Gasteiger partial charge in [0.1, 0.15) is 11.6 Å². The third kappa shape index (κ3) is 4.63. The molecule has 7 heteroatoms. The van der Waals surface area contributed by atoms with Crippen molar-refractivity contribution in [3.8, 4) is 5.75 Å². The molecule has 0 aliphatic heterocycles. The summed E-state index contributed by atoms with van der Waals surface area (Å²) < 4.78 is 18.8. The van der Waals surface area contributed by atoms with Gasteiger partial charge in [-0.3, -0.25) is 0 Å². The number of ether oxygens (including phenoxy) is 1. The molecule has 112 valence electrons. The number of aliphatic hydroxyl groups is 2. The van der Waals surface area contributed by atoms with Crippen molar-refractivity contribution in [2.24, 2.45) is 5.92 Å². The van der Waals surface area contributed by atoms with Crippen LogP contribution in [0.15, 0.2) is 12.1 Å². The molecular weight excluding hydrogens is 291 g/mol. The lowest BCUT2D eigenvalue weighted by Crippen LogP contribution is -2.15. The van der Waals surface area contributed by atoms with Gasteiger partial charge in [-0.15, -0.1) is 0 Å². The zero-order chi connectivity index (χ0) is 15.1. The monoisotopic (exact) mass is 306 g/mol. The second-order valence-corrected chi connectivity index (χ2v) is 4.68. The minimum atomic E-state index is -1.41. The lowest BCUT2D eigenvalue weighted by atomic mass is 10.0. The summed E-state index contributed by atoms with van der Waals surface area (Å²) >= 11 is 5.83. The average molecular weight is 307 g/mol. The number of aliphatic hydroxyl groups excluding tert-OH is 2. The van der Waals surface area contributed by atoms with Crippen LogP contribution in [0.1, 0.15) is 23.2 Å². The number of rotatable bonds is 8. The predicted octanol–water partition coefficient (Wildman–Crippen LogP) is 1.94. The SMILES string of the molecule is O=C(O)c1cc(Cl)c(OCC(CCO)CCO)cc1F. The van der Waals surface area contributed by atoms with Crippen molar-refractivity contribution in [1.82, 2.24) is 0 Å². The minimum Gasteiger partial charge on any atom is -0.492 e. The average Bonchev–Trinajstić information content (AvgIpc) is 2.39. The maximum Gasteiger partial charge on any atom is 0.338 e. The molecule has 3 N–H and O–H groups in total. The molecule has 0 bridgehead atoms. The van der Waals surface area contributed by atoms with Crippen LogP contribution in [0.25, 0.3) is 0 Å². The Labute approximate surface area is 120 Å². The van der Waals surface area contributed by atoms with Crippen molar-refractivity contribution in [2.75, 3.05) is 19.8 Å². The Hall–Kier alpha value is -1.37. The fourth-order valence-electron chi connectivity index (χ4n) is 1.69. The predicted molar refractivity (Wildman–Crippen MR) is 70.8 cm³/mol. The first kappa shape index (κ1) is 16.7. The van der Waals surface area contributed by atoms with Crippen LogP contribution in [0.2, 0.25) is 5.02 Å². The summed E-state index contributed by atoms with van der Waals surface area (Å²) in [6.45, 7) is 0.0504. The van der Waals surface area contributed by atoms with Crippen LogP contribution in [0.4, 0.5) is 4.39 Å². The molecule has 0 heterocycles. The van der Waals surface area contributed by atoms with Gasteiger partial charge in [0.15, 0.2) is 0 Å². The van der Waals surface area contributed by atoms with Gasteiger partial charge in [0.05, 0.1) is 17.2 Å². The molecule has 20 heavy (non-hydrogen) atoms. The third-order valence-corrected chi connectivity index (χ3v) is 3.10. The minimum absolute atomic E-state index is 0.00412. The summed E-state index contributed by atoms with van der Waals surface area (Å²) in [7, 11) is 0. The normalized spacial score (nSPS) is 10.8. The van der Waals surface area contributed by atoms with Gasteiger partial charge in [-0.2, -0.15) is 0 Å². The maximum atomic E-state index is 13.5. The zero-order valence-electron chi connectivity index (χ0n) is 10.7. The molecule has 5 nitrogen and oxygen atoms in total. The van der Waals surface area contributed by atoms with Gasteiger partial charge in [0, 0.05) is 19.3 Å². The van der Waals surface area contributed by atoms with Gasteiger partial charge in [-0.1, -0.05) is 11.6 Å². The number of aromatic carboxylic acids is 1. The Kier molecular flexibility index (Phi) is 6.70. The summed E-state index contributed by atoms with van der Waals surface area (Å²) in [4.78, 5) is 10.7. The van der Waals surface area contributed by atoms with E-state index in [0.29, 0.717) is 12.8 Å². The van der Waals surface area contributed by atoms with Gasteiger partial charge in [-0.25, -0.2) is 9.18 Å². The van der Waals surface area contributed by atoms with Crippen molar-refractivity contribution in [3.63, 3.8) is 0 Å². The van der Waals surface area contributed by atoms with Crippen LogP contribution in [-0.4, -0.2) is 41.1 Å². The highest BCUT2D eigenvalue weighted by Crippen LogP contribution is 2.28. The van der Waals surface area contributed by atoms with Crippen LogP contribution >= 0.6 is 11.6 Å². The number of carboxylic acids is 1. The first-order chi connectivity index (χ1) is 9.49. The van der Waals surface area contributed by atoms with E-state index in [9.17, 15) is 9.18 Å². The Balaban J connectivity index is 2.77. The van der Waals surface area contributed by atoms with Gasteiger partial charge in [0.25, 0.3) is 0 Å². The Morgan fingerprint density at radius 2 is 1.90 bits per heavy atom. The molecular formula is C13H16ClFO5. The maximum absolute atomic E-state index is 13.5. The van der Waals surface area contributed by atoms with Crippen LogP contribution in [0.3, 0.4) is 0 Å². The van der Waals surface area contributed by atoms with Crippen molar-refractivity contribution in [3.05, 3.63) is 28.5 Å². The summed E-state index contributed by atoms with van der Waals surface area (Å²) in [5.74, 6) is -2.40. The van der Waals surface area contributed by atoms with E-state index in [1.807, 2.05) is 0 Å². The quantitative estimate of drug-likeness (QED) is 0.683. The fourth-order valence-corrected chi connectivity index (χ4v) is 1.91. The van der Waals surface area contributed by atoms with Gasteiger partial charge in [0.2, 0.25) is 0 Å². The molecule has 0 amide bonds. The van der Waals surface area contributed by atoms with Gasteiger partial charge in [-0.05, 0) is 24.8 Å². The Bertz CT molecular complexity index is 460. The molecule has 1 aromatic carbocycles. The number of halogens is 2. The molecule has 0 spiro atoms. The molecule has 0 unspecified atom stereocenters. The van der Waals surface area contributed by atoms with Crippen molar-refractivity contribution in [2.45, 2.75) is 12.8 Å². The number of carboxylic acid groups (broad SMARTS) is 1. The highest BCUT2D eigenvalue weighted by Gasteiger charge is 2.16. The van der Waals surface area contributed by atoms with E-state index < -0.39 is 17.3 Å². The largest absolute Gasteiger partial charge is 0.492 e. The number of hydrogen-bond acceptors (Lipinski definition) is 4. The third-order valence-electron chi connectivity index (χ3n) is 2.80. The van der Waals surface area contributed by atoms with E-state index >= 15 is 0 Å². The molecule has 0 aliphatic rings. The topological polar surface area (TPSA) is 87.0 Å². The van der Waals surface area contributed by atoms with Gasteiger partial charge >= 0.3 is 5.97 Å². The Morgan fingerprint density at radius 1 is 1.30 bits per heavy atom. The second kappa shape index (κ2) is 8.04. The molecule has 0 aromatic heterocycles. The first-order valence-electron chi connectivity index (χ1n) is 6.06. The number of carbonyl (C=O) groups is 1. The summed E-state index contributed by atoms with van der Waals surface area (Å²) in [5.41, 5.74) is -0.524. The summed E-state index contributed by atoms with van der Waals surface area (Å²) in [5, 5.41) is 26.5. The van der Waals surface area contributed by atoms with Crippen LogP contribution in [0.5, 0.6) is 5.75 Å². The molecule has 1 aromatic rings. The van der Waals surface area contributed by atoms with E-state index in [4.69, 9.17) is 31.7 Å². The Morgan fingerprint density at radius 3 is 2.40 bits per heavy atom. The van der Waals surface area contributed by atoms with Crippen molar-refractivity contribution >= 4 is 17.6 Å². The highest BCUT2D eigenvalue weighted by atomic mass is 35.5. The van der Waals surface area contributed by atoms with Crippen molar-refractivity contribution in [1.29, 1.82) is 0 Å². The van der Waals surface area contributed by atoms with Crippen LogP contribution in [-0.2, 0) is 0 Å². The van der Waals surface area contributed by atoms with Crippen LogP contribution in [0, 0.1) is 11.7 Å². The summed E-state index contributed by atoms with van der Waals surface area (Å²) in [6, 6.07) is 1.91. The van der Waals surface area contributed by atoms with E-state index in [1.165, 1.54) is 0 Å². The lowest BCUT2D eigenvalue weighted by Gasteiger charge is -2.16. The fraction of sp³-hybridized carbons (Fsp3) is 0.462. The first-order valence-corrected chi connectivity index (χ1v) is 6.44. The molecule has 0 atom stereocenters. The molecule has 1 rings (SSSR count). The molecule has 0 radical (unpaired) electrons. The van der Waals surface area contributed by atoms with E-state index in [-0.39, 0.29) is 36.5 Å². The number of benzene rings is 1. The molecule has 0 saturated carbocycles. The lowest BCUT2D eigenvalue weighted by molar-refractivity contribution is 0.0691. The highest BCUT2D eigenvalue weighted by molar-refractivity contribution is 6.32. The van der Waals surface area contributed by atoms with E-state index in [1.54, 1.807) is 0 Å². The molecule has 0 fully saturated rings. The van der Waals surface area contributed by atoms with Gasteiger partial charge < -0.3 is 20.1 Å². The van der Waals surface area contributed by atoms with E-state index in [0.717, 1.165) is 12.1 Å². The zero-order valence-corrected chi connectivity index (χ0v) is 11.4. The molecule has 0 aliphatic carbocycles. The number of hydrogen-bond donors (Lipinski definition) is 3. The standard InChI is InChI=1S/C13H16ClFO5/c14-10-5-9(13(18)19)11(15)6-12(10)20-7-8(1-3-16)2-4-17/h5-6,8,16-17H,1-4,7H2,(H,18,19). The molecule has 0 saturated heterocycles. The van der Waals surface area contributed by atoms with Crippen LogP contribution < -0.4 is 4.74 Å². The second-order valence-electron chi connectivity index (χ2n) is 4.27. The smallest absolute Gasteiger partial charge is 0.338 e.